The van der Waals surface area contributed by atoms with E-state index in [4.69, 9.17) is 9.26 Å². The number of nitrogens with one attached hydrogen (secondary N) is 1. The topological polar surface area (TPSA) is 102 Å². The van der Waals surface area contributed by atoms with Crippen LogP contribution < -0.4 is 10.1 Å². The number of nitrogens with zero attached hydrogens (tertiary/aromatic N) is 2. The molecule has 2 aromatic rings. The molecule has 9 heteroatoms. The highest BCUT2D eigenvalue weighted by Gasteiger charge is 2.24. The van der Waals surface area contributed by atoms with E-state index in [-0.39, 0.29) is 22.8 Å². The molecule has 0 atom stereocenters. The molecule has 8 nitrogen and oxygen atoms in total. The fraction of sp³-hybridized carbons (Fsp3) is 0.412. The Labute approximate surface area is 153 Å². The molecular weight excluding hydrogens is 358 g/mol. The van der Waals surface area contributed by atoms with Gasteiger partial charge in [-0.2, -0.15) is 4.31 Å². The Morgan fingerprint density at radius 1 is 1.27 bits per heavy atom. The number of aromatic nitrogens is 1. The third-order valence-corrected chi connectivity index (χ3v) is 5.90. The SMILES string of the molecule is CCN(CC)S(=O)(=O)c1ccc(OC)c(C(=O)NCc2cc(C)no2)c1. The third-order valence-electron chi connectivity index (χ3n) is 3.86. The lowest BCUT2D eigenvalue weighted by Crippen LogP contribution is -2.31. The average molecular weight is 381 g/mol. The number of carbonyl (C=O) groups excluding carboxylic acids is 1. The van der Waals surface area contributed by atoms with Crippen molar-refractivity contribution in [1.82, 2.24) is 14.8 Å². The fourth-order valence-electron chi connectivity index (χ4n) is 2.50. The Morgan fingerprint density at radius 2 is 1.96 bits per heavy atom. The second-order valence-electron chi connectivity index (χ2n) is 5.57. The number of ether oxygens (including phenoxy) is 1. The van der Waals surface area contributed by atoms with Crippen molar-refractivity contribution < 1.29 is 22.5 Å². The van der Waals surface area contributed by atoms with Gasteiger partial charge >= 0.3 is 0 Å². The van der Waals surface area contributed by atoms with Crippen LogP contribution in [0.15, 0.2) is 33.7 Å². The molecule has 0 saturated heterocycles. The Kier molecular flexibility index (Phi) is 6.38. The molecule has 0 aliphatic rings. The van der Waals surface area contributed by atoms with E-state index in [2.05, 4.69) is 10.5 Å². The Morgan fingerprint density at radius 3 is 2.50 bits per heavy atom. The van der Waals surface area contributed by atoms with Gasteiger partial charge in [-0.05, 0) is 25.1 Å². The van der Waals surface area contributed by atoms with E-state index in [0.717, 1.165) is 0 Å². The largest absolute Gasteiger partial charge is 0.496 e. The van der Waals surface area contributed by atoms with Crippen molar-refractivity contribution in [2.45, 2.75) is 32.2 Å². The molecular formula is C17H23N3O5S. The van der Waals surface area contributed by atoms with E-state index < -0.39 is 15.9 Å². The normalized spacial score (nSPS) is 11.6. The summed E-state index contributed by atoms with van der Waals surface area (Å²) in [5.74, 6) is 0.323. The summed E-state index contributed by atoms with van der Waals surface area (Å²) in [7, 11) is -2.26. The number of rotatable bonds is 8. The summed E-state index contributed by atoms with van der Waals surface area (Å²) in [6, 6.07) is 5.94. The lowest BCUT2D eigenvalue weighted by molar-refractivity contribution is 0.0943. The molecule has 0 spiro atoms. The van der Waals surface area contributed by atoms with Crippen molar-refractivity contribution in [2.75, 3.05) is 20.2 Å². The van der Waals surface area contributed by atoms with Gasteiger partial charge in [0.15, 0.2) is 5.76 Å². The van der Waals surface area contributed by atoms with Crippen LogP contribution in [0.5, 0.6) is 5.75 Å². The van der Waals surface area contributed by atoms with E-state index >= 15 is 0 Å². The van der Waals surface area contributed by atoms with Crippen LogP contribution in [-0.4, -0.2) is 44.0 Å². The molecule has 1 N–H and O–H groups in total. The predicted octanol–water partition coefficient (Wildman–Crippen LogP) is 1.95. The van der Waals surface area contributed by atoms with E-state index in [1.54, 1.807) is 26.8 Å². The molecule has 0 aliphatic heterocycles. The number of benzene rings is 1. The van der Waals surface area contributed by atoms with Crippen LogP contribution in [0.4, 0.5) is 0 Å². The van der Waals surface area contributed by atoms with Gasteiger partial charge in [-0.25, -0.2) is 8.42 Å². The van der Waals surface area contributed by atoms with Gasteiger partial charge in [-0.1, -0.05) is 19.0 Å². The summed E-state index contributed by atoms with van der Waals surface area (Å²) in [4.78, 5) is 12.6. The molecule has 142 valence electrons. The number of hydrogen-bond acceptors (Lipinski definition) is 6. The predicted molar refractivity (Wildman–Crippen MR) is 95.5 cm³/mol. The van der Waals surface area contributed by atoms with E-state index in [9.17, 15) is 13.2 Å². The zero-order valence-corrected chi connectivity index (χ0v) is 16.1. The van der Waals surface area contributed by atoms with Gasteiger partial charge in [0.1, 0.15) is 5.75 Å². The quantitative estimate of drug-likeness (QED) is 0.750. The molecule has 0 saturated carbocycles. The monoisotopic (exact) mass is 381 g/mol. The Hall–Kier alpha value is -2.39. The molecule has 1 heterocycles. The minimum absolute atomic E-state index is 0.0441. The first-order chi connectivity index (χ1) is 12.3. The first-order valence-electron chi connectivity index (χ1n) is 8.22. The van der Waals surface area contributed by atoms with Crippen molar-refractivity contribution in [3.8, 4) is 5.75 Å². The zero-order valence-electron chi connectivity index (χ0n) is 15.3. The van der Waals surface area contributed by atoms with Crippen molar-refractivity contribution >= 4 is 15.9 Å². The molecule has 1 amide bonds. The van der Waals surface area contributed by atoms with Crippen LogP contribution in [0.25, 0.3) is 0 Å². The molecule has 26 heavy (non-hydrogen) atoms. The first kappa shape index (κ1) is 19.9. The van der Waals surface area contributed by atoms with E-state index in [1.807, 2.05) is 0 Å². The third kappa shape index (κ3) is 4.23. The van der Waals surface area contributed by atoms with Crippen molar-refractivity contribution in [3.63, 3.8) is 0 Å². The first-order valence-corrected chi connectivity index (χ1v) is 9.66. The average Bonchev–Trinajstić information content (AvgIpc) is 3.05. The number of sulfonamides is 1. The highest BCUT2D eigenvalue weighted by Crippen LogP contribution is 2.24. The highest BCUT2D eigenvalue weighted by atomic mass is 32.2. The van der Waals surface area contributed by atoms with Gasteiger partial charge in [0, 0.05) is 19.2 Å². The highest BCUT2D eigenvalue weighted by molar-refractivity contribution is 7.89. The molecule has 1 aromatic heterocycles. The van der Waals surface area contributed by atoms with Gasteiger partial charge in [0.05, 0.1) is 29.8 Å². The minimum atomic E-state index is -3.68. The number of carbonyl (C=O) groups is 1. The Bertz CT molecular complexity index is 872. The van der Waals surface area contributed by atoms with Crippen molar-refractivity contribution in [3.05, 3.63) is 41.3 Å². The molecule has 0 unspecified atom stereocenters. The van der Waals surface area contributed by atoms with Gasteiger partial charge in [-0.3, -0.25) is 4.79 Å². The van der Waals surface area contributed by atoms with Gasteiger partial charge in [-0.15, -0.1) is 0 Å². The van der Waals surface area contributed by atoms with Crippen LogP contribution >= 0.6 is 0 Å². The Balaban J connectivity index is 2.30. The fourth-order valence-corrected chi connectivity index (χ4v) is 3.98. The summed E-state index contributed by atoms with van der Waals surface area (Å²) in [5.41, 5.74) is 0.844. The molecule has 2 rings (SSSR count). The number of aryl methyl sites for hydroxylation is 1. The van der Waals surface area contributed by atoms with E-state index in [0.29, 0.717) is 24.5 Å². The minimum Gasteiger partial charge on any atom is -0.496 e. The maximum atomic E-state index is 12.7. The molecule has 0 fully saturated rings. The standard InChI is InChI=1S/C17H23N3O5S/c1-5-20(6-2)26(22,23)14-7-8-16(24-4)15(10-14)17(21)18-11-13-9-12(3)19-25-13/h7-10H,5-6,11H2,1-4H3,(H,18,21). The van der Waals surface area contributed by atoms with Gasteiger partial charge in [0.25, 0.3) is 5.91 Å². The summed E-state index contributed by atoms with van der Waals surface area (Å²) in [6.45, 7) is 6.12. The number of amides is 1. The van der Waals surface area contributed by atoms with Crippen molar-refractivity contribution in [1.29, 1.82) is 0 Å². The summed E-state index contributed by atoms with van der Waals surface area (Å²) < 4.78 is 36.9. The van der Waals surface area contributed by atoms with Gasteiger partial charge < -0.3 is 14.6 Å². The second kappa shape index (κ2) is 8.33. The molecule has 1 aromatic carbocycles. The summed E-state index contributed by atoms with van der Waals surface area (Å²) in [6.07, 6.45) is 0. The number of methoxy groups -OCH3 is 1. The van der Waals surface area contributed by atoms with Crippen LogP contribution in [0, 0.1) is 6.92 Å². The van der Waals surface area contributed by atoms with Crippen LogP contribution in [0.2, 0.25) is 0 Å². The zero-order chi connectivity index (χ0) is 19.3. The molecule has 0 radical (unpaired) electrons. The summed E-state index contributed by atoms with van der Waals surface area (Å²) in [5, 5.41) is 6.43. The number of hydrogen-bond donors (Lipinski definition) is 1. The van der Waals surface area contributed by atoms with Crippen LogP contribution in [0.3, 0.4) is 0 Å². The van der Waals surface area contributed by atoms with Gasteiger partial charge in [0.2, 0.25) is 10.0 Å². The lowest BCUT2D eigenvalue weighted by Gasteiger charge is -2.19. The second-order valence-corrected chi connectivity index (χ2v) is 7.51. The van der Waals surface area contributed by atoms with E-state index in [1.165, 1.54) is 29.6 Å². The maximum Gasteiger partial charge on any atom is 0.255 e. The maximum absolute atomic E-state index is 12.7. The molecule has 0 bridgehead atoms. The smallest absolute Gasteiger partial charge is 0.255 e. The van der Waals surface area contributed by atoms with Crippen molar-refractivity contribution in [2.24, 2.45) is 0 Å². The summed E-state index contributed by atoms with van der Waals surface area (Å²) >= 11 is 0. The van der Waals surface area contributed by atoms with Crippen LogP contribution in [-0.2, 0) is 16.6 Å². The molecule has 0 aliphatic carbocycles. The van der Waals surface area contributed by atoms with Crippen LogP contribution in [0.1, 0.15) is 35.7 Å². The lowest BCUT2D eigenvalue weighted by atomic mass is 10.2.